The maximum Gasteiger partial charge on any atom is 0.0954 e. The Morgan fingerprint density at radius 3 is 2.85 bits per heavy atom. The van der Waals surface area contributed by atoms with Crippen LogP contribution < -0.4 is 5.32 Å². The molecular formula is C10H15N3. The van der Waals surface area contributed by atoms with Gasteiger partial charge >= 0.3 is 0 Å². The lowest BCUT2D eigenvalue weighted by Gasteiger charge is -2.41. The molecule has 3 nitrogen and oxygen atoms in total. The first kappa shape index (κ1) is 7.56. The summed E-state index contributed by atoms with van der Waals surface area (Å²) in [5.74, 6) is 0.805. The molecule has 2 fully saturated rings. The van der Waals surface area contributed by atoms with Crippen LogP contribution in [0.5, 0.6) is 0 Å². The molecule has 1 aliphatic carbocycles. The maximum absolute atomic E-state index is 4.27. The van der Waals surface area contributed by atoms with E-state index in [1.54, 1.807) is 0 Å². The number of imidazole rings is 1. The molecule has 0 aromatic carbocycles. The highest BCUT2D eigenvalue weighted by Crippen LogP contribution is 2.41. The smallest absolute Gasteiger partial charge is 0.0954 e. The average molecular weight is 177 g/mol. The highest BCUT2D eigenvalue weighted by molar-refractivity contribution is 5.17. The molecule has 0 radical (unpaired) electrons. The van der Waals surface area contributed by atoms with E-state index in [1.165, 1.54) is 18.5 Å². The first-order chi connectivity index (χ1) is 6.30. The summed E-state index contributed by atoms with van der Waals surface area (Å²) in [4.78, 5) is 4.27. The van der Waals surface area contributed by atoms with Gasteiger partial charge in [0.1, 0.15) is 0 Å². The molecule has 1 saturated heterocycles. The van der Waals surface area contributed by atoms with Gasteiger partial charge in [0.05, 0.1) is 11.9 Å². The number of nitrogens with zero attached hydrogens (tertiary/aromatic N) is 2. The number of aromatic nitrogens is 2. The zero-order valence-corrected chi connectivity index (χ0v) is 7.95. The third-order valence-corrected chi connectivity index (χ3v) is 3.26. The molecule has 2 heterocycles. The van der Waals surface area contributed by atoms with Crippen molar-refractivity contribution in [3.8, 4) is 0 Å². The molecule has 0 spiro atoms. The minimum Gasteiger partial charge on any atom is -0.326 e. The van der Waals surface area contributed by atoms with Gasteiger partial charge in [-0.1, -0.05) is 0 Å². The Hall–Kier alpha value is -0.830. The molecule has 0 unspecified atom stereocenters. The lowest BCUT2D eigenvalue weighted by molar-refractivity contribution is 0.195. The molecule has 13 heavy (non-hydrogen) atoms. The van der Waals surface area contributed by atoms with Crippen LogP contribution in [-0.4, -0.2) is 22.6 Å². The van der Waals surface area contributed by atoms with E-state index in [0.717, 1.165) is 19.0 Å². The Bertz CT molecular complexity index is 321. The molecule has 2 aliphatic rings. The van der Waals surface area contributed by atoms with Crippen molar-refractivity contribution in [2.45, 2.75) is 31.2 Å². The highest BCUT2D eigenvalue weighted by atomic mass is 15.2. The molecule has 1 aliphatic heterocycles. The van der Waals surface area contributed by atoms with E-state index in [4.69, 9.17) is 0 Å². The van der Waals surface area contributed by atoms with E-state index < -0.39 is 0 Å². The van der Waals surface area contributed by atoms with E-state index in [9.17, 15) is 0 Å². The molecule has 1 saturated carbocycles. The van der Waals surface area contributed by atoms with Gasteiger partial charge in [0.2, 0.25) is 0 Å². The van der Waals surface area contributed by atoms with Crippen LogP contribution in [0, 0.1) is 0 Å². The van der Waals surface area contributed by atoms with Gasteiger partial charge in [0.15, 0.2) is 0 Å². The van der Waals surface area contributed by atoms with E-state index in [2.05, 4.69) is 21.8 Å². The summed E-state index contributed by atoms with van der Waals surface area (Å²) in [7, 11) is 0. The topological polar surface area (TPSA) is 29.9 Å². The molecule has 3 heteroatoms. The third kappa shape index (κ3) is 1.03. The Morgan fingerprint density at radius 1 is 1.54 bits per heavy atom. The van der Waals surface area contributed by atoms with Crippen LogP contribution in [0.2, 0.25) is 0 Å². The lowest BCUT2D eigenvalue weighted by atomic mass is 9.94. The van der Waals surface area contributed by atoms with Crippen molar-refractivity contribution in [2.75, 3.05) is 13.1 Å². The molecule has 1 N–H and O–H groups in total. The summed E-state index contributed by atoms with van der Waals surface area (Å²) >= 11 is 0. The number of rotatable bonds is 2. The van der Waals surface area contributed by atoms with Crippen LogP contribution in [-0.2, 0) is 5.54 Å². The van der Waals surface area contributed by atoms with Crippen molar-refractivity contribution in [1.82, 2.24) is 14.9 Å². The van der Waals surface area contributed by atoms with Gasteiger partial charge in [-0.15, -0.1) is 0 Å². The van der Waals surface area contributed by atoms with Crippen molar-refractivity contribution in [1.29, 1.82) is 0 Å². The summed E-state index contributed by atoms with van der Waals surface area (Å²) in [6.45, 7) is 4.48. The van der Waals surface area contributed by atoms with Gasteiger partial charge in [0.25, 0.3) is 0 Å². The normalized spacial score (nSPS) is 25.6. The van der Waals surface area contributed by atoms with Crippen LogP contribution >= 0.6 is 0 Å². The standard InChI is InChI=1S/C10H15N3/c1-10(5-12-6-10)13-7-11-4-9(13)8-2-3-8/h4,7-8,12H,2-3,5-6H2,1H3. The maximum atomic E-state index is 4.27. The average Bonchev–Trinajstić information content (AvgIpc) is 2.80. The highest BCUT2D eigenvalue weighted by Gasteiger charge is 2.37. The second kappa shape index (κ2) is 2.35. The van der Waals surface area contributed by atoms with Crippen molar-refractivity contribution in [2.24, 2.45) is 0 Å². The quantitative estimate of drug-likeness (QED) is 0.732. The fourth-order valence-electron chi connectivity index (χ4n) is 2.09. The van der Waals surface area contributed by atoms with Gasteiger partial charge < -0.3 is 9.88 Å². The van der Waals surface area contributed by atoms with Gasteiger partial charge in [-0.2, -0.15) is 0 Å². The minimum atomic E-state index is 0.300. The first-order valence-electron chi connectivity index (χ1n) is 5.03. The zero-order chi connectivity index (χ0) is 8.89. The predicted molar refractivity (Wildman–Crippen MR) is 50.7 cm³/mol. The second-order valence-corrected chi connectivity index (χ2v) is 4.56. The molecule has 1 aromatic rings. The van der Waals surface area contributed by atoms with E-state index >= 15 is 0 Å². The van der Waals surface area contributed by atoms with Crippen LogP contribution in [0.15, 0.2) is 12.5 Å². The minimum absolute atomic E-state index is 0.300. The van der Waals surface area contributed by atoms with Gasteiger partial charge in [-0.3, -0.25) is 0 Å². The second-order valence-electron chi connectivity index (χ2n) is 4.56. The molecule has 0 bridgehead atoms. The number of hydrogen-bond donors (Lipinski definition) is 1. The molecule has 0 atom stereocenters. The molecule has 3 rings (SSSR count). The van der Waals surface area contributed by atoms with Crippen molar-refractivity contribution in [3.63, 3.8) is 0 Å². The lowest BCUT2D eigenvalue weighted by Crippen LogP contribution is -2.58. The fourth-order valence-corrected chi connectivity index (χ4v) is 2.09. The Labute approximate surface area is 78.2 Å². The van der Waals surface area contributed by atoms with E-state index in [1.807, 2.05) is 12.5 Å². The Kier molecular flexibility index (Phi) is 1.37. The molecule has 0 amide bonds. The SMILES string of the molecule is CC1(n2cncc2C2CC2)CNC1. The summed E-state index contributed by atoms with van der Waals surface area (Å²) in [6, 6.07) is 0. The summed E-state index contributed by atoms with van der Waals surface area (Å²) < 4.78 is 2.38. The summed E-state index contributed by atoms with van der Waals surface area (Å²) in [5.41, 5.74) is 1.75. The van der Waals surface area contributed by atoms with E-state index in [-0.39, 0.29) is 0 Å². The van der Waals surface area contributed by atoms with Crippen molar-refractivity contribution >= 4 is 0 Å². The van der Waals surface area contributed by atoms with Crippen molar-refractivity contribution < 1.29 is 0 Å². The van der Waals surface area contributed by atoms with Crippen LogP contribution in [0.3, 0.4) is 0 Å². The number of hydrogen-bond acceptors (Lipinski definition) is 2. The van der Waals surface area contributed by atoms with Gasteiger partial charge in [0, 0.05) is 30.9 Å². The predicted octanol–water partition coefficient (Wildman–Crippen LogP) is 1.08. The Balaban J connectivity index is 1.98. The van der Waals surface area contributed by atoms with Crippen LogP contribution in [0.25, 0.3) is 0 Å². The van der Waals surface area contributed by atoms with Crippen LogP contribution in [0.4, 0.5) is 0 Å². The molecular weight excluding hydrogens is 162 g/mol. The van der Waals surface area contributed by atoms with Crippen LogP contribution in [0.1, 0.15) is 31.4 Å². The first-order valence-corrected chi connectivity index (χ1v) is 5.03. The monoisotopic (exact) mass is 177 g/mol. The van der Waals surface area contributed by atoms with Gasteiger partial charge in [-0.05, 0) is 19.8 Å². The summed E-state index contributed by atoms with van der Waals surface area (Å²) in [6.07, 6.45) is 6.75. The summed E-state index contributed by atoms with van der Waals surface area (Å²) in [5, 5.41) is 3.33. The van der Waals surface area contributed by atoms with E-state index in [0.29, 0.717) is 5.54 Å². The third-order valence-electron chi connectivity index (χ3n) is 3.26. The number of nitrogens with one attached hydrogen (secondary N) is 1. The molecule has 70 valence electrons. The van der Waals surface area contributed by atoms with Gasteiger partial charge in [-0.25, -0.2) is 4.98 Å². The molecule has 1 aromatic heterocycles. The van der Waals surface area contributed by atoms with Crippen molar-refractivity contribution in [3.05, 3.63) is 18.2 Å². The Morgan fingerprint density at radius 2 is 2.31 bits per heavy atom. The largest absolute Gasteiger partial charge is 0.326 e. The zero-order valence-electron chi connectivity index (χ0n) is 7.95. The fraction of sp³-hybridized carbons (Fsp3) is 0.700.